The smallest absolute Gasteiger partial charge is 0.325 e. The van der Waals surface area contributed by atoms with E-state index < -0.39 is 17.5 Å². The number of hydrogen-bond acceptors (Lipinski definition) is 6. The molecule has 1 unspecified atom stereocenters. The number of carbonyl (C=O) groups is 2. The number of hydrogen-bond donors (Lipinski definition) is 1. The Morgan fingerprint density at radius 2 is 1.97 bits per heavy atom. The van der Waals surface area contributed by atoms with Crippen molar-refractivity contribution in [3.63, 3.8) is 0 Å². The van der Waals surface area contributed by atoms with E-state index in [0.717, 1.165) is 10.3 Å². The fourth-order valence-electron chi connectivity index (χ4n) is 3.54. The van der Waals surface area contributed by atoms with Crippen molar-refractivity contribution >= 4 is 22.9 Å². The van der Waals surface area contributed by atoms with Gasteiger partial charge in [0.2, 0.25) is 11.7 Å². The predicted octanol–water partition coefficient (Wildman–Crippen LogP) is 3.90. The van der Waals surface area contributed by atoms with Gasteiger partial charge in [0.1, 0.15) is 23.7 Å². The number of fused-ring (bicyclic) bond motifs is 1. The minimum atomic E-state index is -1.36. The van der Waals surface area contributed by atoms with Crippen LogP contribution in [0.4, 0.5) is 9.18 Å². The van der Waals surface area contributed by atoms with Crippen LogP contribution in [0.2, 0.25) is 0 Å². The van der Waals surface area contributed by atoms with Gasteiger partial charge in [-0.05, 0) is 37.6 Å². The Morgan fingerprint density at radius 3 is 2.74 bits per heavy atom. The fourth-order valence-corrected chi connectivity index (χ4v) is 3.54. The summed E-state index contributed by atoms with van der Waals surface area (Å²) >= 11 is 0. The van der Waals surface area contributed by atoms with Crippen LogP contribution in [-0.4, -0.2) is 27.0 Å². The lowest BCUT2D eigenvalue weighted by atomic mass is 9.99. The molecule has 31 heavy (non-hydrogen) atoms. The molecule has 1 fully saturated rings. The Kier molecular flexibility index (Phi) is 4.14. The largest absolute Gasteiger partial charge is 0.458 e. The van der Waals surface area contributed by atoms with Crippen molar-refractivity contribution in [3.05, 3.63) is 71.6 Å². The lowest BCUT2D eigenvalue weighted by Gasteiger charge is -2.18. The van der Waals surface area contributed by atoms with Gasteiger partial charge in [-0.1, -0.05) is 35.5 Å². The third kappa shape index (κ3) is 3.05. The summed E-state index contributed by atoms with van der Waals surface area (Å²) in [5, 5.41) is 7.34. The number of imide groups is 1. The number of nitrogens with one attached hydrogen (secondary N) is 1. The Balaban J connectivity index is 1.40. The van der Waals surface area contributed by atoms with Gasteiger partial charge in [-0.25, -0.2) is 9.18 Å². The second-order valence-corrected chi connectivity index (χ2v) is 7.57. The molecule has 1 saturated heterocycles. The first-order valence-electron chi connectivity index (χ1n) is 9.57. The molecule has 0 radical (unpaired) electrons. The number of aromatic nitrogens is 2. The summed E-state index contributed by atoms with van der Waals surface area (Å²) in [6.07, 6.45) is 0. The van der Waals surface area contributed by atoms with Gasteiger partial charge in [-0.3, -0.25) is 9.69 Å². The number of rotatable bonds is 4. The lowest BCUT2D eigenvalue weighted by Crippen LogP contribution is -2.40. The topological polar surface area (TPSA) is 101 Å². The quantitative estimate of drug-likeness (QED) is 0.503. The molecule has 0 bridgehead atoms. The van der Waals surface area contributed by atoms with Crippen molar-refractivity contribution < 1.29 is 22.9 Å². The van der Waals surface area contributed by atoms with E-state index in [9.17, 15) is 14.0 Å². The highest BCUT2D eigenvalue weighted by Crippen LogP contribution is 2.33. The van der Waals surface area contributed by atoms with Gasteiger partial charge in [-0.15, -0.1) is 0 Å². The third-order valence-electron chi connectivity index (χ3n) is 5.38. The number of urea groups is 1. The van der Waals surface area contributed by atoms with Crippen LogP contribution in [0.5, 0.6) is 0 Å². The zero-order valence-electron chi connectivity index (χ0n) is 16.7. The number of para-hydroxylation sites is 1. The van der Waals surface area contributed by atoms with Gasteiger partial charge in [0.05, 0.1) is 0 Å². The zero-order valence-corrected chi connectivity index (χ0v) is 16.7. The molecule has 4 aromatic rings. The number of benzene rings is 2. The van der Waals surface area contributed by atoms with Crippen molar-refractivity contribution in [2.45, 2.75) is 25.9 Å². The average Bonchev–Trinajstić information content (AvgIpc) is 3.44. The minimum Gasteiger partial charge on any atom is -0.458 e. The van der Waals surface area contributed by atoms with Gasteiger partial charge in [0.15, 0.2) is 5.54 Å². The molecular formula is C22H17FN4O4. The van der Waals surface area contributed by atoms with Crippen LogP contribution in [0.15, 0.2) is 57.5 Å². The van der Waals surface area contributed by atoms with E-state index in [1.165, 1.54) is 6.07 Å². The van der Waals surface area contributed by atoms with Crippen molar-refractivity contribution in [1.82, 2.24) is 20.4 Å². The van der Waals surface area contributed by atoms with Crippen molar-refractivity contribution in [2.75, 3.05) is 0 Å². The van der Waals surface area contributed by atoms with E-state index in [2.05, 4.69) is 15.5 Å². The molecule has 8 nitrogen and oxygen atoms in total. The number of halogens is 1. The maximum Gasteiger partial charge on any atom is 0.325 e. The molecule has 5 rings (SSSR count). The minimum absolute atomic E-state index is 0.0494. The third-order valence-corrected chi connectivity index (χ3v) is 5.38. The monoisotopic (exact) mass is 420 g/mol. The first kappa shape index (κ1) is 19.0. The lowest BCUT2D eigenvalue weighted by molar-refractivity contribution is -0.132. The zero-order chi connectivity index (χ0) is 21.8. The molecule has 0 saturated carbocycles. The average molecular weight is 420 g/mol. The standard InChI is InChI=1S/C22H17FN4O4/c1-12-7-8-14(9-15(12)23)19-24-18(31-26-19)11-27-20(28)22(2,25-21(27)29)17-10-13-5-3-4-6-16(13)30-17/h3-10H,11H2,1-2H3,(H,25,29). The second-order valence-electron chi connectivity index (χ2n) is 7.57. The van der Waals surface area contributed by atoms with Crippen LogP contribution in [0.3, 0.4) is 0 Å². The van der Waals surface area contributed by atoms with E-state index in [1.807, 2.05) is 18.2 Å². The summed E-state index contributed by atoms with van der Waals surface area (Å²) in [6.45, 7) is 3.01. The SMILES string of the molecule is Cc1ccc(-c2noc(CN3C(=O)NC(C)(c4cc5ccccc5o4)C3=O)n2)cc1F. The number of furan rings is 1. The Morgan fingerprint density at radius 1 is 1.16 bits per heavy atom. The molecule has 1 aliphatic heterocycles. The molecule has 0 aliphatic carbocycles. The highest BCUT2D eigenvalue weighted by Gasteiger charge is 2.51. The van der Waals surface area contributed by atoms with Crippen molar-refractivity contribution in [2.24, 2.45) is 0 Å². The van der Waals surface area contributed by atoms with Crippen LogP contribution in [0, 0.1) is 12.7 Å². The number of nitrogens with zero attached hydrogens (tertiary/aromatic N) is 3. The molecular weight excluding hydrogens is 403 g/mol. The Labute approximate surface area is 175 Å². The molecule has 3 amide bonds. The van der Waals surface area contributed by atoms with Gasteiger partial charge < -0.3 is 14.3 Å². The van der Waals surface area contributed by atoms with E-state index in [4.69, 9.17) is 8.94 Å². The summed E-state index contributed by atoms with van der Waals surface area (Å²) < 4.78 is 24.8. The van der Waals surface area contributed by atoms with Crippen LogP contribution in [0.25, 0.3) is 22.4 Å². The maximum absolute atomic E-state index is 13.8. The predicted molar refractivity (Wildman–Crippen MR) is 107 cm³/mol. The highest BCUT2D eigenvalue weighted by molar-refractivity contribution is 6.07. The summed E-state index contributed by atoms with van der Waals surface area (Å²) in [7, 11) is 0. The van der Waals surface area contributed by atoms with Gasteiger partial charge in [-0.2, -0.15) is 4.98 Å². The first-order valence-corrected chi connectivity index (χ1v) is 9.57. The molecule has 2 aromatic heterocycles. The molecule has 2 aromatic carbocycles. The van der Waals surface area contributed by atoms with Crippen LogP contribution < -0.4 is 5.32 Å². The summed E-state index contributed by atoms with van der Waals surface area (Å²) in [5.74, 6) is -0.345. The van der Waals surface area contributed by atoms with Crippen molar-refractivity contribution in [1.29, 1.82) is 0 Å². The molecule has 3 heterocycles. The molecule has 156 valence electrons. The molecule has 9 heteroatoms. The summed E-state index contributed by atoms with van der Waals surface area (Å²) in [6, 6.07) is 13.0. The van der Waals surface area contributed by atoms with E-state index in [-0.39, 0.29) is 24.1 Å². The normalized spacial score (nSPS) is 18.7. The van der Waals surface area contributed by atoms with Crippen LogP contribution in [0.1, 0.15) is 24.1 Å². The molecule has 1 atom stereocenters. The van der Waals surface area contributed by atoms with Gasteiger partial charge in [0.25, 0.3) is 5.91 Å². The number of aryl methyl sites for hydroxylation is 1. The highest BCUT2D eigenvalue weighted by atomic mass is 19.1. The van der Waals surface area contributed by atoms with Crippen molar-refractivity contribution in [3.8, 4) is 11.4 Å². The second kappa shape index (κ2) is 6.76. The molecule has 1 aliphatic rings. The van der Waals surface area contributed by atoms with E-state index in [1.54, 1.807) is 38.1 Å². The summed E-state index contributed by atoms with van der Waals surface area (Å²) in [4.78, 5) is 30.9. The van der Waals surface area contributed by atoms with Crippen LogP contribution in [-0.2, 0) is 16.9 Å². The van der Waals surface area contributed by atoms with Gasteiger partial charge >= 0.3 is 6.03 Å². The molecule has 1 N–H and O–H groups in total. The van der Waals surface area contributed by atoms with Gasteiger partial charge in [0, 0.05) is 10.9 Å². The Hall–Kier alpha value is -4.01. The number of carbonyl (C=O) groups excluding carboxylic acids is 2. The van der Waals surface area contributed by atoms with E-state index >= 15 is 0 Å². The summed E-state index contributed by atoms with van der Waals surface area (Å²) in [5.41, 5.74) is 0.184. The maximum atomic E-state index is 13.8. The Bertz CT molecular complexity index is 1310. The fraction of sp³-hybridized carbons (Fsp3) is 0.182. The van der Waals surface area contributed by atoms with E-state index in [0.29, 0.717) is 22.5 Å². The number of amides is 3. The van der Waals surface area contributed by atoms with Crippen LogP contribution >= 0.6 is 0 Å². The first-order chi connectivity index (χ1) is 14.8. The molecule has 0 spiro atoms.